The highest BCUT2D eigenvalue weighted by Gasteiger charge is 2.02. The molecule has 0 atom stereocenters. The van der Waals surface area contributed by atoms with Crippen molar-refractivity contribution in [2.45, 2.75) is 0 Å². The number of aldehydes is 1. The van der Waals surface area contributed by atoms with Gasteiger partial charge in [-0.25, -0.2) is 0 Å². The summed E-state index contributed by atoms with van der Waals surface area (Å²) in [5.41, 5.74) is 0.577. The number of carbonyl (C=O) groups is 1. The predicted octanol–water partition coefficient (Wildman–Crippen LogP) is 1.52. The standard InChI is InChI=1S/C9H10O3/c1-11-8-4-3-7(6-10)5-9(8)12-2/h3-6H,1-2H3/i9+1. The monoisotopic (exact) mass is 167 g/mol. The predicted molar refractivity (Wildman–Crippen MR) is 44.9 cm³/mol. The summed E-state index contributed by atoms with van der Waals surface area (Å²) in [7, 11) is 3.09. The summed E-state index contributed by atoms with van der Waals surface area (Å²) in [5, 5.41) is 0. The summed E-state index contributed by atoms with van der Waals surface area (Å²) in [6.45, 7) is 0. The molecule has 64 valence electrons. The molecule has 0 unspecified atom stereocenters. The molecular formula is C9H10O3. The van der Waals surface area contributed by atoms with Gasteiger partial charge in [0.1, 0.15) is 6.29 Å². The largest absolute Gasteiger partial charge is 0.493 e. The number of hydrogen-bond acceptors (Lipinski definition) is 3. The number of rotatable bonds is 3. The van der Waals surface area contributed by atoms with Crippen molar-refractivity contribution in [2.24, 2.45) is 0 Å². The zero-order chi connectivity index (χ0) is 8.97. The number of carbonyl (C=O) groups excluding carboxylic acids is 1. The van der Waals surface area contributed by atoms with E-state index in [1.54, 1.807) is 25.3 Å². The van der Waals surface area contributed by atoms with E-state index in [0.29, 0.717) is 17.1 Å². The summed E-state index contributed by atoms with van der Waals surface area (Å²) in [5.74, 6) is 1.20. The summed E-state index contributed by atoms with van der Waals surface area (Å²) >= 11 is 0. The van der Waals surface area contributed by atoms with E-state index in [1.165, 1.54) is 7.11 Å². The molecule has 1 aromatic carbocycles. The van der Waals surface area contributed by atoms with Crippen LogP contribution in [0.3, 0.4) is 0 Å². The molecular weight excluding hydrogens is 157 g/mol. The van der Waals surface area contributed by atoms with Gasteiger partial charge in [-0.2, -0.15) is 0 Å². The highest BCUT2D eigenvalue weighted by Crippen LogP contribution is 2.26. The topological polar surface area (TPSA) is 35.5 Å². The summed E-state index contributed by atoms with van der Waals surface area (Å²) in [4.78, 5) is 10.4. The third kappa shape index (κ3) is 1.56. The molecule has 0 aliphatic carbocycles. The van der Waals surface area contributed by atoms with Crippen molar-refractivity contribution in [3.05, 3.63) is 23.8 Å². The van der Waals surface area contributed by atoms with Crippen molar-refractivity contribution in [1.29, 1.82) is 0 Å². The van der Waals surface area contributed by atoms with Crippen molar-refractivity contribution in [3.8, 4) is 11.5 Å². The van der Waals surface area contributed by atoms with Gasteiger partial charge in [-0.1, -0.05) is 0 Å². The average Bonchev–Trinajstić information content (AvgIpc) is 2.16. The van der Waals surface area contributed by atoms with Gasteiger partial charge in [0.05, 0.1) is 14.2 Å². The molecule has 0 aromatic heterocycles. The first-order chi connectivity index (χ1) is 5.81. The van der Waals surface area contributed by atoms with Crippen LogP contribution in [-0.2, 0) is 0 Å². The van der Waals surface area contributed by atoms with Crippen LogP contribution in [0, 0.1) is 0 Å². The highest BCUT2D eigenvalue weighted by molar-refractivity contribution is 5.76. The highest BCUT2D eigenvalue weighted by atomic mass is 16.6. The van der Waals surface area contributed by atoms with Crippen LogP contribution < -0.4 is 9.47 Å². The molecule has 1 aromatic rings. The van der Waals surface area contributed by atoms with E-state index in [2.05, 4.69) is 0 Å². The Kier molecular flexibility index (Phi) is 2.69. The molecule has 0 spiro atoms. The molecule has 0 aliphatic rings. The van der Waals surface area contributed by atoms with Crippen LogP contribution in [-0.4, -0.2) is 20.5 Å². The van der Waals surface area contributed by atoms with E-state index in [-0.39, 0.29) is 0 Å². The molecule has 0 saturated heterocycles. The first-order valence-electron chi connectivity index (χ1n) is 3.49. The average molecular weight is 167 g/mol. The molecule has 0 fully saturated rings. The Balaban J connectivity index is 3.10. The van der Waals surface area contributed by atoms with Crippen molar-refractivity contribution >= 4 is 6.29 Å². The van der Waals surface area contributed by atoms with Gasteiger partial charge in [0, 0.05) is 5.56 Å². The van der Waals surface area contributed by atoms with Crippen molar-refractivity contribution in [3.63, 3.8) is 0 Å². The maximum absolute atomic E-state index is 10.4. The van der Waals surface area contributed by atoms with E-state index in [9.17, 15) is 4.79 Å². The van der Waals surface area contributed by atoms with Gasteiger partial charge < -0.3 is 9.47 Å². The fraction of sp³-hybridized carbons (Fsp3) is 0.222. The minimum absolute atomic E-state index is 0.571. The number of methoxy groups -OCH3 is 2. The van der Waals surface area contributed by atoms with E-state index in [0.717, 1.165) is 6.29 Å². The van der Waals surface area contributed by atoms with Gasteiger partial charge >= 0.3 is 0 Å². The Morgan fingerprint density at radius 3 is 2.33 bits per heavy atom. The van der Waals surface area contributed by atoms with Crippen LogP contribution >= 0.6 is 0 Å². The summed E-state index contributed by atoms with van der Waals surface area (Å²) in [6, 6.07) is 5.00. The van der Waals surface area contributed by atoms with Crippen LogP contribution in [0.1, 0.15) is 10.4 Å². The SMILES string of the molecule is COc1ccc(C=O)c[13c]1OC. The molecule has 0 radical (unpaired) electrons. The maximum atomic E-state index is 10.4. The van der Waals surface area contributed by atoms with Gasteiger partial charge in [0.15, 0.2) is 11.5 Å². The fourth-order valence-corrected chi connectivity index (χ4v) is 0.926. The van der Waals surface area contributed by atoms with Gasteiger partial charge in [-0.05, 0) is 18.2 Å². The van der Waals surface area contributed by atoms with E-state index in [1.807, 2.05) is 0 Å². The van der Waals surface area contributed by atoms with Crippen molar-refractivity contribution in [2.75, 3.05) is 14.2 Å². The lowest BCUT2D eigenvalue weighted by Gasteiger charge is -2.06. The zero-order valence-electron chi connectivity index (χ0n) is 7.03. The Bertz CT molecular complexity index is 281. The second kappa shape index (κ2) is 3.76. The van der Waals surface area contributed by atoms with E-state index < -0.39 is 0 Å². The second-order valence-corrected chi connectivity index (χ2v) is 2.23. The molecule has 0 amide bonds. The molecule has 0 bridgehead atoms. The first-order valence-corrected chi connectivity index (χ1v) is 3.49. The number of benzene rings is 1. The molecule has 3 heteroatoms. The number of hydrogen-bond donors (Lipinski definition) is 0. The normalized spacial score (nSPS) is 9.17. The number of ether oxygens (including phenoxy) is 2. The van der Waals surface area contributed by atoms with Crippen molar-refractivity contribution < 1.29 is 14.3 Å². The summed E-state index contributed by atoms with van der Waals surface area (Å²) < 4.78 is 9.99. The quantitative estimate of drug-likeness (QED) is 0.640. The maximum Gasteiger partial charge on any atom is 0.161 e. The van der Waals surface area contributed by atoms with Crippen LogP contribution in [0.15, 0.2) is 18.2 Å². The molecule has 1 rings (SSSR count). The Hall–Kier alpha value is -1.51. The molecule has 0 saturated carbocycles. The minimum Gasteiger partial charge on any atom is -0.493 e. The van der Waals surface area contributed by atoms with Gasteiger partial charge in [-0.15, -0.1) is 0 Å². The second-order valence-electron chi connectivity index (χ2n) is 2.23. The Morgan fingerprint density at radius 1 is 1.17 bits per heavy atom. The third-order valence-corrected chi connectivity index (χ3v) is 1.54. The molecule has 0 aliphatic heterocycles. The Labute approximate surface area is 70.9 Å². The lowest BCUT2D eigenvalue weighted by atomic mass is 10.3. The lowest BCUT2D eigenvalue weighted by Crippen LogP contribution is -1.91. The molecule has 12 heavy (non-hydrogen) atoms. The van der Waals surface area contributed by atoms with E-state index >= 15 is 0 Å². The molecule has 3 nitrogen and oxygen atoms in total. The Morgan fingerprint density at radius 2 is 1.83 bits per heavy atom. The summed E-state index contributed by atoms with van der Waals surface area (Å²) in [6.07, 6.45) is 0.766. The van der Waals surface area contributed by atoms with Gasteiger partial charge in [0.25, 0.3) is 0 Å². The molecule has 0 heterocycles. The van der Waals surface area contributed by atoms with Crippen LogP contribution in [0.25, 0.3) is 0 Å². The van der Waals surface area contributed by atoms with Crippen LogP contribution in [0.5, 0.6) is 11.5 Å². The molecule has 0 N–H and O–H groups in total. The van der Waals surface area contributed by atoms with Gasteiger partial charge in [-0.3, -0.25) is 4.79 Å². The zero-order valence-corrected chi connectivity index (χ0v) is 7.03. The van der Waals surface area contributed by atoms with Gasteiger partial charge in [0.2, 0.25) is 0 Å². The minimum atomic E-state index is 0.571. The first kappa shape index (κ1) is 8.59. The fourth-order valence-electron chi connectivity index (χ4n) is 0.926. The smallest absolute Gasteiger partial charge is 0.161 e. The van der Waals surface area contributed by atoms with E-state index in [4.69, 9.17) is 9.47 Å². The lowest BCUT2D eigenvalue weighted by molar-refractivity contribution is 0.112. The van der Waals surface area contributed by atoms with Crippen LogP contribution in [0.2, 0.25) is 0 Å². The van der Waals surface area contributed by atoms with Crippen LogP contribution in [0.4, 0.5) is 0 Å². The third-order valence-electron chi connectivity index (χ3n) is 1.54. The van der Waals surface area contributed by atoms with Crippen molar-refractivity contribution in [1.82, 2.24) is 0 Å².